The number of aromatic amines is 1. The molecule has 4 heteroatoms. The van der Waals surface area contributed by atoms with Gasteiger partial charge in [0.05, 0.1) is 5.56 Å². The summed E-state index contributed by atoms with van der Waals surface area (Å²) in [6, 6.07) is 19.2. The van der Waals surface area contributed by atoms with E-state index in [-0.39, 0.29) is 5.91 Å². The van der Waals surface area contributed by atoms with E-state index in [9.17, 15) is 4.79 Å². The van der Waals surface area contributed by atoms with E-state index in [2.05, 4.69) is 4.98 Å². The highest BCUT2D eigenvalue weighted by Gasteiger charge is 2.12. The van der Waals surface area contributed by atoms with Crippen LogP contribution in [0, 0.1) is 0 Å². The lowest BCUT2D eigenvalue weighted by Gasteiger charge is -2.16. The molecule has 1 aromatic heterocycles. The third-order valence-electron chi connectivity index (χ3n) is 3.51. The molecular formula is C19H18N2O2. The van der Waals surface area contributed by atoms with Crippen molar-refractivity contribution in [3.8, 4) is 11.5 Å². The van der Waals surface area contributed by atoms with Crippen molar-refractivity contribution in [3.05, 3.63) is 84.2 Å². The van der Waals surface area contributed by atoms with E-state index in [4.69, 9.17) is 4.74 Å². The van der Waals surface area contributed by atoms with Crippen LogP contribution in [0.2, 0.25) is 0 Å². The van der Waals surface area contributed by atoms with Crippen LogP contribution < -0.4 is 4.74 Å². The average Bonchev–Trinajstić information content (AvgIpc) is 3.11. The number of benzene rings is 2. The zero-order chi connectivity index (χ0) is 16.1. The number of nitrogens with one attached hydrogen (secondary N) is 1. The summed E-state index contributed by atoms with van der Waals surface area (Å²) in [7, 11) is 1.80. The molecule has 0 saturated heterocycles. The highest BCUT2D eigenvalue weighted by molar-refractivity contribution is 5.93. The van der Waals surface area contributed by atoms with Crippen molar-refractivity contribution in [2.45, 2.75) is 6.54 Å². The second-order valence-corrected chi connectivity index (χ2v) is 5.32. The van der Waals surface area contributed by atoms with Gasteiger partial charge in [0.2, 0.25) is 0 Å². The predicted octanol–water partition coefficient (Wildman–Crippen LogP) is 4.08. The Morgan fingerprint density at radius 3 is 2.35 bits per heavy atom. The summed E-state index contributed by atoms with van der Waals surface area (Å²) in [5.74, 6) is 1.58. The van der Waals surface area contributed by atoms with Crippen molar-refractivity contribution >= 4 is 5.91 Å². The molecule has 0 unspecified atom stereocenters. The molecule has 0 radical (unpaired) electrons. The third kappa shape index (κ3) is 3.80. The van der Waals surface area contributed by atoms with Crippen LogP contribution in [-0.4, -0.2) is 22.8 Å². The summed E-state index contributed by atoms with van der Waals surface area (Å²) in [4.78, 5) is 16.8. The smallest absolute Gasteiger partial charge is 0.255 e. The van der Waals surface area contributed by atoms with Gasteiger partial charge in [0.25, 0.3) is 5.91 Å². The Balaban J connectivity index is 1.62. The summed E-state index contributed by atoms with van der Waals surface area (Å²) in [6.45, 7) is 0.551. The summed E-state index contributed by atoms with van der Waals surface area (Å²) in [6.07, 6.45) is 3.45. The van der Waals surface area contributed by atoms with Gasteiger partial charge >= 0.3 is 0 Å². The lowest BCUT2D eigenvalue weighted by atomic mass is 10.2. The van der Waals surface area contributed by atoms with Crippen LogP contribution in [-0.2, 0) is 6.54 Å². The van der Waals surface area contributed by atoms with Gasteiger partial charge in [-0.25, -0.2) is 0 Å². The standard InChI is InChI=1S/C19H18N2O2/c1-21(19(22)16-11-12-20-13-16)14-15-7-9-18(10-8-15)23-17-5-3-2-4-6-17/h2-13,20H,14H2,1H3. The molecule has 1 amide bonds. The first-order chi connectivity index (χ1) is 11.2. The number of nitrogens with zero attached hydrogens (tertiary/aromatic N) is 1. The zero-order valence-electron chi connectivity index (χ0n) is 12.9. The number of aromatic nitrogens is 1. The van der Waals surface area contributed by atoms with Crippen LogP contribution in [0.3, 0.4) is 0 Å². The summed E-state index contributed by atoms with van der Waals surface area (Å²) < 4.78 is 5.76. The number of ether oxygens (including phenoxy) is 1. The van der Waals surface area contributed by atoms with Crippen molar-refractivity contribution in [2.75, 3.05) is 7.05 Å². The first-order valence-electron chi connectivity index (χ1n) is 7.42. The highest BCUT2D eigenvalue weighted by atomic mass is 16.5. The Hall–Kier alpha value is -3.01. The van der Waals surface area contributed by atoms with Gasteiger partial charge in [-0.15, -0.1) is 0 Å². The molecule has 2 aromatic carbocycles. The number of hydrogen-bond donors (Lipinski definition) is 1. The fourth-order valence-electron chi connectivity index (χ4n) is 2.31. The average molecular weight is 306 g/mol. The number of para-hydroxylation sites is 1. The van der Waals surface area contributed by atoms with Gasteiger partial charge in [0.15, 0.2) is 0 Å². The number of rotatable bonds is 5. The molecule has 0 aliphatic carbocycles. The Bertz CT molecular complexity index is 750. The maximum Gasteiger partial charge on any atom is 0.255 e. The monoisotopic (exact) mass is 306 g/mol. The van der Waals surface area contributed by atoms with E-state index < -0.39 is 0 Å². The molecule has 0 fully saturated rings. The maximum atomic E-state index is 12.2. The zero-order valence-corrected chi connectivity index (χ0v) is 12.9. The molecule has 0 spiro atoms. The second-order valence-electron chi connectivity index (χ2n) is 5.32. The van der Waals surface area contributed by atoms with Crippen LogP contribution >= 0.6 is 0 Å². The van der Waals surface area contributed by atoms with Crippen molar-refractivity contribution < 1.29 is 9.53 Å². The highest BCUT2D eigenvalue weighted by Crippen LogP contribution is 2.21. The van der Waals surface area contributed by atoms with E-state index in [1.165, 1.54) is 0 Å². The van der Waals surface area contributed by atoms with E-state index in [0.717, 1.165) is 17.1 Å². The van der Waals surface area contributed by atoms with Gasteiger partial charge in [-0.3, -0.25) is 4.79 Å². The Labute approximate surface area is 135 Å². The van der Waals surface area contributed by atoms with Crippen LogP contribution in [0.15, 0.2) is 73.1 Å². The van der Waals surface area contributed by atoms with E-state index in [1.54, 1.807) is 30.4 Å². The lowest BCUT2D eigenvalue weighted by molar-refractivity contribution is 0.0785. The van der Waals surface area contributed by atoms with Crippen LogP contribution in [0.4, 0.5) is 0 Å². The van der Waals surface area contributed by atoms with Gasteiger partial charge in [-0.2, -0.15) is 0 Å². The van der Waals surface area contributed by atoms with Crippen molar-refractivity contribution in [2.24, 2.45) is 0 Å². The van der Waals surface area contributed by atoms with Gasteiger partial charge in [0.1, 0.15) is 11.5 Å². The molecule has 0 saturated carbocycles. The first-order valence-corrected chi connectivity index (χ1v) is 7.42. The van der Waals surface area contributed by atoms with Crippen LogP contribution in [0.25, 0.3) is 0 Å². The van der Waals surface area contributed by atoms with E-state index >= 15 is 0 Å². The molecule has 3 rings (SSSR count). The topological polar surface area (TPSA) is 45.3 Å². The molecule has 0 atom stereocenters. The third-order valence-corrected chi connectivity index (χ3v) is 3.51. The molecule has 1 N–H and O–H groups in total. The van der Waals surface area contributed by atoms with Gasteiger partial charge in [-0.1, -0.05) is 30.3 Å². The maximum absolute atomic E-state index is 12.2. The molecule has 0 aliphatic rings. The van der Waals surface area contributed by atoms with Gasteiger partial charge in [-0.05, 0) is 35.9 Å². The number of carbonyl (C=O) groups is 1. The molecular weight excluding hydrogens is 288 g/mol. The Morgan fingerprint density at radius 2 is 1.70 bits per heavy atom. The first kappa shape index (κ1) is 14.9. The Morgan fingerprint density at radius 1 is 1.00 bits per heavy atom. The molecule has 0 aliphatic heterocycles. The van der Waals surface area contributed by atoms with Gasteiger partial charge in [0, 0.05) is 26.0 Å². The summed E-state index contributed by atoms with van der Waals surface area (Å²) in [5, 5.41) is 0. The van der Waals surface area contributed by atoms with Crippen LogP contribution in [0.5, 0.6) is 11.5 Å². The summed E-state index contributed by atoms with van der Waals surface area (Å²) in [5.41, 5.74) is 1.72. The molecule has 0 bridgehead atoms. The molecule has 116 valence electrons. The van der Waals surface area contributed by atoms with Crippen molar-refractivity contribution in [1.29, 1.82) is 0 Å². The normalized spacial score (nSPS) is 10.3. The van der Waals surface area contributed by atoms with E-state index in [1.807, 2.05) is 54.6 Å². The number of H-pyrrole nitrogens is 1. The number of amides is 1. The van der Waals surface area contributed by atoms with Crippen LogP contribution in [0.1, 0.15) is 15.9 Å². The minimum absolute atomic E-state index is 0.00383. The summed E-state index contributed by atoms with van der Waals surface area (Å²) >= 11 is 0. The Kier molecular flexibility index (Phi) is 4.43. The predicted molar refractivity (Wildman–Crippen MR) is 89.5 cm³/mol. The largest absolute Gasteiger partial charge is 0.457 e. The van der Waals surface area contributed by atoms with Gasteiger partial charge < -0.3 is 14.6 Å². The fraction of sp³-hybridized carbons (Fsp3) is 0.105. The number of carbonyl (C=O) groups excluding carboxylic acids is 1. The lowest BCUT2D eigenvalue weighted by Crippen LogP contribution is -2.25. The van der Waals surface area contributed by atoms with E-state index in [0.29, 0.717) is 12.1 Å². The van der Waals surface area contributed by atoms with Crippen molar-refractivity contribution in [1.82, 2.24) is 9.88 Å². The van der Waals surface area contributed by atoms with Crippen molar-refractivity contribution in [3.63, 3.8) is 0 Å². The quantitative estimate of drug-likeness (QED) is 0.772. The second kappa shape index (κ2) is 6.83. The number of hydrogen-bond acceptors (Lipinski definition) is 2. The molecule has 4 nitrogen and oxygen atoms in total. The molecule has 3 aromatic rings. The molecule has 23 heavy (non-hydrogen) atoms. The minimum Gasteiger partial charge on any atom is -0.457 e. The SMILES string of the molecule is CN(Cc1ccc(Oc2ccccc2)cc1)C(=O)c1cc[nH]c1. The molecule has 1 heterocycles. The fourth-order valence-corrected chi connectivity index (χ4v) is 2.31. The minimum atomic E-state index is -0.00383.